The van der Waals surface area contributed by atoms with Crippen molar-refractivity contribution in [1.82, 2.24) is 14.8 Å². The fourth-order valence-corrected chi connectivity index (χ4v) is 2.17. The van der Waals surface area contributed by atoms with Crippen molar-refractivity contribution in [1.29, 1.82) is 0 Å². The minimum atomic E-state index is 0.599. The second-order valence-electron chi connectivity index (χ2n) is 4.51. The van der Waals surface area contributed by atoms with E-state index >= 15 is 0 Å². The number of ether oxygens (including phenoxy) is 1. The number of nitrogens with zero attached hydrogens (tertiary/aromatic N) is 3. The first-order chi connectivity index (χ1) is 10.3. The molecule has 3 rings (SSSR count). The monoisotopic (exact) mass is 280 g/mol. The molecule has 2 heterocycles. The van der Waals surface area contributed by atoms with E-state index in [1.54, 1.807) is 23.3 Å². The van der Waals surface area contributed by atoms with Crippen molar-refractivity contribution in [3.63, 3.8) is 0 Å². The molecule has 0 aliphatic heterocycles. The molecule has 0 saturated heterocycles. The SMILES string of the molecule is CCOc1ccccc1-c1nn(-c2ccncc2)cc1N. The van der Waals surface area contributed by atoms with Gasteiger partial charge in [0.25, 0.3) is 0 Å². The molecule has 0 atom stereocenters. The third kappa shape index (κ3) is 2.58. The van der Waals surface area contributed by atoms with Gasteiger partial charge in [-0.3, -0.25) is 4.98 Å². The first kappa shape index (κ1) is 13.2. The van der Waals surface area contributed by atoms with Gasteiger partial charge >= 0.3 is 0 Å². The van der Waals surface area contributed by atoms with Crippen LogP contribution in [-0.2, 0) is 0 Å². The third-order valence-corrected chi connectivity index (χ3v) is 3.11. The molecule has 0 fully saturated rings. The van der Waals surface area contributed by atoms with E-state index in [2.05, 4.69) is 10.1 Å². The van der Waals surface area contributed by atoms with Crippen molar-refractivity contribution in [2.24, 2.45) is 0 Å². The maximum atomic E-state index is 6.12. The van der Waals surface area contributed by atoms with E-state index in [9.17, 15) is 0 Å². The first-order valence-electron chi connectivity index (χ1n) is 6.77. The number of pyridine rings is 1. The van der Waals surface area contributed by atoms with Crippen LogP contribution < -0.4 is 10.5 Å². The lowest BCUT2D eigenvalue weighted by molar-refractivity contribution is 0.341. The van der Waals surface area contributed by atoms with E-state index in [0.29, 0.717) is 12.3 Å². The van der Waals surface area contributed by atoms with Crippen LogP contribution in [0.25, 0.3) is 16.9 Å². The zero-order valence-electron chi connectivity index (χ0n) is 11.7. The smallest absolute Gasteiger partial charge is 0.128 e. The Morgan fingerprint density at radius 2 is 1.90 bits per heavy atom. The van der Waals surface area contributed by atoms with Crippen molar-refractivity contribution < 1.29 is 4.74 Å². The molecule has 3 aromatic rings. The van der Waals surface area contributed by atoms with Crippen molar-refractivity contribution in [3.8, 4) is 22.7 Å². The molecular weight excluding hydrogens is 264 g/mol. The summed E-state index contributed by atoms with van der Waals surface area (Å²) in [5, 5.41) is 4.58. The van der Waals surface area contributed by atoms with E-state index in [1.165, 1.54) is 0 Å². The van der Waals surface area contributed by atoms with Gasteiger partial charge in [0, 0.05) is 18.0 Å². The highest BCUT2D eigenvalue weighted by molar-refractivity contribution is 5.77. The van der Waals surface area contributed by atoms with Crippen LogP contribution in [0.15, 0.2) is 55.0 Å². The van der Waals surface area contributed by atoms with Gasteiger partial charge in [-0.25, -0.2) is 4.68 Å². The molecule has 5 nitrogen and oxygen atoms in total. The van der Waals surface area contributed by atoms with Gasteiger partial charge in [-0.05, 0) is 31.2 Å². The molecule has 21 heavy (non-hydrogen) atoms. The Morgan fingerprint density at radius 3 is 2.67 bits per heavy atom. The Balaban J connectivity index is 2.06. The highest BCUT2D eigenvalue weighted by Gasteiger charge is 2.13. The number of hydrogen-bond acceptors (Lipinski definition) is 4. The van der Waals surface area contributed by atoms with Gasteiger partial charge in [-0.15, -0.1) is 0 Å². The maximum absolute atomic E-state index is 6.12. The van der Waals surface area contributed by atoms with Gasteiger partial charge in [-0.2, -0.15) is 5.10 Å². The summed E-state index contributed by atoms with van der Waals surface area (Å²) >= 11 is 0. The second-order valence-corrected chi connectivity index (χ2v) is 4.51. The number of para-hydroxylation sites is 1. The molecule has 0 unspecified atom stereocenters. The van der Waals surface area contributed by atoms with Crippen LogP contribution in [0.2, 0.25) is 0 Å². The Bertz CT molecular complexity index is 737. The lowest BCUT2D eigenvalue weighted by atomic mass is 10.1. The summed E-state index contributed by atoms with van der Waals surface area (Å²) in [5.74, 6) is 0.784. The molecular formula is C16H16N4O. The zero-order valence-corrected chi connectivity index (χ0v) is 11.7. The Kier molecular flexibility index (Phi) is 3.55. The first-order valence-corrected chi connectivity index (χ1v) is 6.77. The Morgan fingerprint density at radius 1 is 1.14 bits per heavy atom. The van der Waals surface area contributed by atoms with E-state index in [1.807, 2.05) is 43.3 Å². The van der Waals surface area contributed by atoms with Crippen molar-refractivity contribution in [2.75, 3.05) is 12.3 Å². The van der Waals surface area contributed by atoms with Crippen LogP contribution >= 0.6 is 0 Å². The van der Waals surface area contributed by atoms with Crippen molar-refractivity contribution in [2.45, 2.75) is 6.92 Å². The summed E-state index contributed by atoms with van der Waals surface area (Å²) < 4.78 is 7.39. The predicted octanol–water partition coefficient (Wildman–Crippen LogP) is 2.92. The average Bonchev–Trinajstić information content (AvgIpc) is 2.91. The number of rotatable bonds is 4. The quantitative estimate of drug-likeness (QED) is 0.798. The number of anilines is 1. The van der Waals surface area contributed by atoms with Crippen LogP contribution in [0.3, 0.4) is 0 Å². The predicted molar refractivity (Wildman–Crippen MR) is 82.4 cm³/mol. The second kappa shape index (κ2) is 5.66. The van der Waals surface area contributed by atoms with E-state index in [0.717, 1.165) is 22.7 Å². The summed E-state index contributed by atoms with van der Waals surface area (Å²) in [4.78, 5) is 4.00. The molecule has 0 saturated carbocycles. The molecule has 106 valence electrons. The molecule has 0 bridgehead atoms. The molecule has 0 amide bonds. The molecule has 0 spiro atoms. The lowest BCUT2D eigenvalue weighted by Crippen LogP contribution is -1.97. The molecule has 0 aliphatic rings. The summed E-state index contributed by atoms with van der Waals surface area (Å²) in [5.41, 5.74) is 9.26. The topological polar surface area (TPSA) is 66.0 Å². The van der Waals surface area contributed by atoms with Gasteiger partial charge in [-0.1, -0.05) is 12.1 Å². The highest BCUT2D eigenvalue weighted by Crippen LogP contribution is 2.32. The fraction of sp³-hybridized carbons (Fsp3) is 0.125. The van der Waals surface area contributed by atoms with E-state index in [-0.39, 0.29) is 0 Å². The fourth-order valence-electron chi connectivity index (χ4n) is 2.17. The van der Waals surface area contributed by atoms with Crippen LogP contribution in [0.5, 0.6) is 5.75 Å². The maximum Gasteiger partial charge on any atom is 0.128 e. The average molecular weight is 280 g/mol. The number of benzene rings is 1. The summed E-state index contributed by atoms with van der Waals surface area (Å²) in [6.45, 7) is 2.55. The molecule has 0 radical (unpaired) electrons. The summed E-state index contributed by atoms with van der Waals surface area (Å²) in [6.07, 6.45) is 5.25. The van der Waals surface area contributed by atoms with Gasteiger partial charge in [0.2, 0.25) is 0 Å². The minimum absolute atomic E-state index is 0.599. The van der Waals surface area contributed by atoms with Gasteiger partial charge < -0.3 is 10.5 Å². The van der Waals surface area contributed by atoms with Crippen LogP contribution in [0, 0.1) is 0 Å². The van der Waals surface area contributed by atoms with Gasteiger partial charge in [0.05, 0.1) is 24.2 Å². The van der Waals surface area contributed by atoms with Crippen molar-refractivity contribution in [3.05, 3.63) is 55.0 Å². The molecule has 5 heteroatoms. The van der Waals surface area contributed by atoms with E-state index in [4.69, 9.17) is 10.5 Å². The number of nitrogens with two attached hydrogens (primary N) is 1. The lowest BCUT2D eigenvalue weighted by Gasteiger charge is -2.08. The Labute approximate surface area is 123 Å². The Hall–Kier alpha value is -2.82. The number of nitrogen functional groups attached to an aromatic ring is 1. The van der Waals surface area contributed by atoms with E-state index < -0.39 is 0 Å². The summed E-state index contributed by atoms with van der Waals surface area (Å²) in [6, 6.07) is 11.5. The van der Waals surface area contributed by atoms with Crippen molar-refractivity contribution >= 4 is 5.69 Å². The standard InChI is InChI=1S/C16H16N4O/c1-2-21-15-6-4-3-5-13(15)16-14(17)11-20(19-16)12-7-9-18-10-8-12/h3-11H,2,17H2,1H3. The minimum Gasteiger partial charge on any atom is -0.493 e. The van der Waals surface area contributed by atoms with Crippen LogP contribution in [0.1, 0.15) is 6.92 Å². The molecule has 1 aromatic carbocycles. The normalized spacial score (nSPS) is 10.5. The largest absolute Gasteiger partial charge is 0.493 e. The third-order valence-electron chi connectivity index (χ3n) is 3.11. The molecule has 2 N–H and O–H groups in total. The zero-order chi connectivity index (χ0) is 14.7. The highest BCUT2D eigenvalue weighted by atomic mass is 16.5. The van der Waals surface area contributed by atoms with Crippen LogP contribution in [-0.4, -0.2) is 21.4 Å². The van der Waals surface area contributed by atoms with Gasteiger partial charge in [0.1, 0.15) is 11.4 Å². The van der Waals surface area contributed by atoms with Crippen LogP contribution in [0.4, 0.5) is 5.69 Å². The van der Waals surface area contributed by atoms with Gasteiger partial charge in [0.15, 0.2) is 0 Å². The number of aromatic nitrogens is 3. The summed E-state index contributed by atoms with van der Waals surface area (Å²) in [7, 11) is 0. The molecule has 2 aromatic heterocycles. The molecule has 0 aliphatic carbocycles. The number of hydrogen-bond donors (Lipinski definition) is 1.